The molecule has 1 atom stereocenters. The zero-order valence-corrected chi connectivity index (χ0v) is 11.9. The molecule has 86 valence electrons. The number of hydrogen-bond donors (Lipinski definition) is 2. The number of hydrogen-bond acceptors (Lipinski definition) is 3. The van der Waals surface area contributed by atoms with Gasteiger partial charge >= 0.3 is 0 Å². The molecule has 0 fully saturated rings. The molecule has 1 rings (SSSR count). The Morgan fingerprint density at radius 3 is 2.67 bits per heavy atom. The van der Waals surface area contributed by atoms with E-state index in [2.05, 4.69) is 35.1 Å². The van der Waals surface area contributed by atoms with E-state index in [-0.39, 0.29) is 12.6 Å². The monoisotopic (exact) mass is 311 g/mol. The Labute approximate surface area is 108 Å². The number of halogens is 2. The van der Waals surface area contributed by atoms with Gasteiger partial charge in [-0.3, -0.25) is 0 Å². The molecule has 0 aliphatic heterocycles. The predicted octanol–water partition coefficient (Wildman–Crippen LogP) is 3.27. The molecular formula is C10H15BrClNOS. The summed E-state index contributed by atoms with van der Waals surface area (Å²) >= 11 is 10.9. The lowest BCUT2D eigenvalue weighted by molar-refractivity contribution is 0.210. The summed E-state index contributed by atoms with van der Waals surface area (Å²) in [6.07, 6.45) is 0. The Balaban J connectivity index is 2.49. The Bertz CT molecular complexity index is 297. The van der Waals surface area contributed by atoms with Gasteiger partial charge in [-0.15, -0.1) is 11.3 Å². The third kappa shape index (κ3) is 4.04. The molecule has 1 heterocycles. The molecule has 0 aromatic carbocycles. The smallest absolute Gasteiger partial charge is 0.107 e. The van der Waals surface area contributed by atoms with E-state index in [0.717, 1.165) is 15.4 Å². The van der Waals surface area contributed by atoms with Crippen molar-refractivity contribution in [1.82, 2.24) is 5.32 Å². The number of rotatable bonds is 5. The van der Waals surface area contributed by atoms with Gasteiger partial charge in [-0.25, -0.2) is 0 Å². The van der Waals surface area contributed by atoms with Crippen molar-refractivity contribution in [2.45, 2.75) is 26.4 Å². The number of aliphatic hydroxyl groups is 1. The Kier molecular flexibility index (Phi) is 5.57. The van der Waals surface area contributed by atoms with E-state index >= 15 is 0 Å². The fraction of sp³-hybridized carbons (Fsp3) is 0.600. The second-order valence-electron chi connectivity index (χ2n) is 3.75. The van der Waals surface area contributed by atoms with Gasteiger partial charge in [0.15, 0.2) is 0 Å². The van der Waals surface area contributed by atoms with Gasteiger partial charge in [0.1, 0.15) is 4.34 Å². The Morgan fingerprint density at radius 1 is 1.60 bits per heavy atom. The first-order valence-corrected chi connectivity index (χ1v) is 6.81. The molecule has 0 bridgehead atoms. The highest BCUT2D eigenvalue weighted by atomic mass is 79.9. The highest BCUT2D eigenvalue weighted by molar-refractivity contribution is 9.10. The molecular weight excluding hydrogens is 298 g/mol. The number of aliphatic hydroxyl groups excluding tert-OH is 1. The molecule has 5 heteroatoms. The van der Waals surface area contributed by atoms with E-state index < -0.39 is 0 Å². The minimum atomic E-state index is 0.143. The maximum Gasteiger partial charge on any atom is 0.107 e. The van der Waals surface area contributed by atoms with Crippen molar-refractivity contribution in [2.75, 3.05) is 6.61 Å². The molecule has 0 aliphatic carbocycles. The minimum Gasteiger partial charge on any atom is -0.395 e. The van der Waals surface area contributed by atoms with Gasteiger partial charge in [-0.05, 0) is 27.9 Å². The molecule has 2 nitrogen and oxygen atoms in total. The summed E-state index contributed by atoms with van der Waals surface area (Å²) in [6, 6.07) is 2.15. The standard InChI is InChI=1S/C10H15BrClNOS/c1-6(2)9(5-14)13-4-7-3-8(11)10(12)15-7/h3,6,9,13-14H,4-5H2,1-2H3. The third-order valence-corrected chi connectivity index (χ3v) is 4.71. The Hall–Kier alpha value is 0.390. The highest BCUT2D eigenvalue weighted by Crippen LogP contribution is 2.31. The van der Waals surface area contributed by atoms with E-state index in [4.69, 9.17) is 16.7 Å². The maximum atomic E-state index is 9.14. The van der Waals surface area contributed by atoms with Gasteiger partial charge in [0.05, 0.1) is 6.61 Å². The van der Waals surface area contributed by atoms with Crippen molar-refractivity contribution in [3.63, 3.8) is 0 Å². The molecule has 0 spiro atoms. The van der Waals surface area contributed by atoms with Crippen LogP contribution in [0.5, 0.6) is 0 Å². The molecule has 1 unspecified atom stereocenters. The summed E-state index contributed by atoms with van der Waals surface area (Å²) in [6.45, 7) is 5.09. The van der Waals surface area contributed by atoms with E-state index in [1.165, 1.54) is 4.88 Å². The summed E-state index contributed by atoms with van der Waals surface area (Å²) < 4.78 is 1.72. The van der Waals surface area contributed by atoms with Crippen molar-refractivity contribution in [3.05, 3.63) is 19.8 Å². The van der Waals surface area contributed by atoms with Crippen LogP contribution in [-0.2, 0) is 6.54 Å². The van der Waals surface area contributed by atoms with Crippen LogP contribution in [0.2, 0.25) is 4.34 Å². The molecule has 0 radical (unpaired) electrons. The normalized spacial score (nSPS) is 13.5. The second kappa shape index (κ2) is 6.21. The predicted molar refractivity (Wildman–Crippen MR) is 69.6 cm³/mol. The quantitative estimate of drug-likeness (QED) is 0.874. The van der Waals surface area contributed by atoms with E-state index in [1.54, 1.807) is 11.3 Å². The van der Waals surface area contributed by atoms with Crippen molar-refractivity contribution >= 4 is 38.9 Å². The lowest BCUT2D eigenvalue weighted by atomic mass is 10.1. The van der Waals surface area contributed by atoms with Gasteiger partial charge < -0.3 is 10.4 Å². The van der Waals surface area contributed by atoms with Crippen molar-refractivity contribution in [2.24, 2.45) is 5.92 Å². The first-order valence-electron chi connectivity index (χ1n) is 4.82. The van der Waals surface area contributed by atoms with Crippen LogP contribution in [0.1, 0.15) is 18.7 Å². The van der Waals surface area contributed by atoms with Gasteiger partial charge in [0.25, 0.3) is 0 Å². The maximum absolute atomic E-state index is 9.14. The van der Waals surface area contributed by atoms with Crippen LogP contribution in [0, 0.1) is 5.92 Å². The summed E-state index contributed by atoms with van der Waals surface area (Å²) in [4.78, 5) is 1.17. The molecule has 0 saturated heterocycles. The van der Waals surface area contributed by atoms with Crippen molar-refractivity contribution in [1.29, 1.82) is 0 Å². The summed E-state index contributed by atoms with van der Waals surface area (Å²) in [7, 11) is 0. The zero-order valence-electron chi connectivity index (χ0n) is 8.76. The molecule has 0 aliphatic rings. The largest absolute Gasteiger partial charge is 0.395 e. The average molecular weight is 313 g/mol. The van der Waals surface area contributed by atoms with Gasteiger partial charge in [-0.1, -0.05) is 25.4 Å². The van der Waals surface area contributed by atoms with Crippen LogP contribution >= 0.6 is 38.9 Å². The third-order valence-electron chi connectivity index (χ3n) is 2.24. The zero-order chi connectivity index (χ0) is 11.4. The molecule has 15 heavy (non-hydrogen) atoms. The van der Waals surface area contributed by atoms with Crippen LogP contribution in [0.25, 0.3) is 0 Å². The van der Waals surface area contributed by atoms with Crippen LogP contribution in [0.15, 0.2) is 10.5 Å². The van der Waals surface area contributed by atoms with Crippen molar-refractivity contribution < 1.29 is 5.11 Å². The summed E-state index contributed by atoms with van der Waals surface area (Å²) in [5, 5.41) is 12.4. The molecule has 1 aromatic rings. The fourth-order valence-electron chi connectivity index (χ4n) is 1.22. The lowest BCUT2D eigenvalue weighted by Crippen LogP contribution is -2.36. The first kappa shape index (κ1) is 13.5. The number of nitrogens with one attached hydrogen (secondary N) is 1. The Morgan fingerprint density at radius 2 is 2.27 bits per heavy atom. The first-order chi connectivity index (χ1) is 7.04. The van der Waals surface area contributed by atoms with Gasteiger partial charge in [0, 0.05) is 21.9 Å². The van der Waals surface area contributed by atoms with Crippen LogP contribution < -0.4 is 5.32 Å². The topological polar surface area (TPSA) is 32.3 Å². The van der Waals surface area contributed by atoms with Crippen LogP contribution in [-0.4, -0.2) is 17.8 Å². The summed E-state index contributed by atoms with van der Waals surface area (Å²) in [5.74, 6) is 0.425. The van der Waals surface area contributed by atoms with Crippen molar-refractivity contribution in [3.8, 4) is 0 Å². The minimum absolute atomic E-state index is 0.143. The van der Waals surface area contributed by atoms with E-state index in [0.29, 0.717) is 5.92 Å². The molecule has 1 aromatic heterocycles. The number of thiophene rings is 1. The van der Waals surface area contributed by atoms with Gasteiger partial charge in [0.2, 0.25) is 0 Å². The SMILES string of the molecule is CC(C)C(CO)NCc1cc(Br)c(Cl)s1. The van der Waals surface area contributed by atoms with Gasteiger partial charge in [-0.2, -0.15) is 0 Å². The lowest BCUT2D eigenvalue weighted by Gasteiger charge is -2.19. The fourth-order valence-corrected chi connectivity index (χ4v) is 2.96. The van der Waals surface area contributed by atoms with E-state index in [1.807, 2.05) is 6.07 Å². The van der Waals surface area contributed by atoms with Crippen LogP contribution in [0.3, 0.4) is 0 Å². The molecule has 0 saturated carbocycles. The van der Waals surface area contributed by atoms with E-state index in [9.17, 15) is 0 Å². The second-order valence-corrected chi connectivity index (χ2v) is 6.34. The summed E-state index contributed by atoms with van der Waals surface area (Å²) in [5.41, 5.74) is 0. The molecule has 0 amide bonds. The highest BCUT2D eigenvalue weighted by Gasteiger charge is 2.12. The molecule has 2 N–H and O–H groups in total. The average Bonchev–Trinajstić information content (AvgIpc) is 2.47. The van der Waals surface area contributed by atoms with Crippen LogP contribution in [0.4, 0.5) is 0 Å².